The minimum Gasteiger partial charge on any atom is -0.458 e. The predicted octanol–water partition coefficient (Wildman–Crippen LogP) is 2.56. The summed E-state index contributed by atoms with van der Waals surface area (Å²) in [6, 6.07) is 10.3. The van der Waals surface area contributed by atoms with Crippen LogP contribution >= 0.6 is 0 Å². The highest BCUT2D eigenvalue weighted by atomic mass is 16.3. The normalized spacial score (nSPS) is 20.2. The molecule has 2 heterocycles. The van der Waals surface area contributed by atoms with Crippen LogP contribution in [0.3, 0.4) is 0 Å². The summed E-state index contributed by atoms with van der Waals surface area (Å²) in [5.41, 5.74) is 0.947. The van der Waals surface area contributed by atoms with Gasteiger partial charge in [0.15, 0.2) is 0 Å². The molecule has 0 saturated carbocycles. The van der Waals surface area contributed by atoms with Crippen LogP contribution in [-0.4, -0.2) is 6.21 Å². The zero-order chi connectivity index (χ0) is 7.97. The number of para-hydroxylation sites is 1. The molecule has 1 atom stereocenters. The van der Waals surface area contributed by atoms with Crippen LogP contribution in [0.1, 0.15) is 11.8 Å². The summed E-state index contributed by atoms with van der Waals surface area (Å²) in [4.78, 5) is 4.05. The molecular formula is C10H7NO. The first-order valence-corrected chi connectivity index (χ1v) is 3.95. The van der Waals surface area contributed by atoms with Crippen molar-refractivity contribution in [2.45, 2.75) is 6.04 Å². The van der Waals surface area contributed by atoms with Gasteiger partial charge in [0.25, 0.3) is 0 Å². The standard InChI is InChI=1S/C10H7NO/c1-2-4-9-7(3-1)5-10(12-9)8-6-11-8/h1-6,8H. The highest BCUT2D eigenvalue weighted by Crippen LogP contribution is 2.29. The molecule has 0 radical (unpaired) electrons. The van der Waals surface area contributed by atoms with Gasteiger partial charge in [0.2, 0.25) is 0 Å². The fourth-order valence-electron chi connectivity index (χ4n) is 1.34. The maximum atomic E-state index is 5.57. The Balaban J connectivity index is 2.23. The lowest BCUT2D eigenvalue weighted by molar-refractivity contribution is 0.556. The number of hydrogen-bond donors (Lipinski definition) is 0. The first kappa shape index (κ1) is 6.00. The molecule has 1 aliphatic heterocycles. The number of benzene rings is 1. The minimum atomic E-state index is 0.220. The lowest BCUT2D eigenvalue weighted by atomic mass is 10.2. The van der Waals surface area contributed by atoms with E-state index >= 15 is 0 Å². The third kappa shape index (κ3) is 0.780. The Bertz CT molecular complexity index is 417. The summed E-state index contributed by atoms with van der Waals surface area (Å²) in [5, 5.41) is 1.16. The second kappa shape index (κ2) is 1.97. The van der Waals surface area contributed by atoms with Gasteiger partial charge in [-0.25, -0.2) is 0 Å². The van der Waals surface area contributed by atoms with Crippen molar-refractivity contribution in [1.29, 1.82) is 0 Å². The molecule has 0 aliphatic carbocycles. The Kier molecular flexibility index (Phi) is 0.987. The van der Waals surface area contributed by atoms with Gasteiger partial charge in [0.1, 0.15) is 17.4 Å². The minimum absolute atomic E-state index is 0.220. The molecule has 12 heavy (non-hydrogen) atoms. The summed E-state index contributed by atoms with van der Waals surface area (Å²) in [5.74, 6) is 0.955. The SMILES string of the molecule is C1=NC1c1cc2ccccc2o1. The summed E-state index contributed by atoms with van der Waals surface area (Å²) >= 11 is 0. The third-order valence-electron chi connectivity index (χ3n) is 2.03. The molecule has 1 aliphatic rings. The van der Waals surface area contributed by atoms with Crippen LogP contribution in [0.2, 0.25) is 0 Å². The van der Waals surface area contributed by atoms with E-state index in [4.69, 9.17) is 4.42 Å². The van der Waals surface area contributed by atoms with Gasteiger partial charge in [-0.15, -0.1) is 0 Å². The summed E-state index contributed by atoms with van der Waals surface area (Å²) in [7, 11) is 0. The average Bonchev–Trinajstić information content (AvgIpc) is 2.85. The molecule has 0 fully saturated rings. The molecule has 0 bridgehead atoms. The Morgan fingerprint density at radius 1 is 1.25 bits per heavy atom. The largest absolute Gasteiger partial charge is 0.458 e. The third-order valence-corrected chi connectivity index (χ3v) is 2.03. The van der Waals surface area contributed by atoms with Crippen LogP contribution in [-0.2, 0) is 0 Å². The van der Waals surface area contributed by atoms with E-state index in [1.165, 1.54) is 0 Å². The summed E-state index contributed by atoms with van der Waals surface area (Å²) in [6.07, 6.45) is 1.89. The van der Waals surface area contributed by atoms with Crippen LogP contribution in [0, 0.1) is 0 Å². The van der Waals surface area contributed by atoms with Crippen LogP contribution in [0.25, 0.3) is 11.0 Å². The molecule has 0 spiro atoms. The molecule has 3 rings (SSSR count). The quantitative estimate of drug-likeness (QED) is 0.624. The van der Waals surface area contributed by atoms with E-state index in [1.807, 2.05) is 36.5 Å². The van der Waals surface area contributed by atoms with Gasteiger partial charge in [-0.1, -0.05) is 18.2 Å². The van der Waals surface area contributed by atoms with E-state index in [0.717, 1.165) is 16.7 Å². The smallest absolute Gasteiger partial charge is 0.142 e. The fourth-order valence-corrected chi connectivity index (χ4v) is 1.34. The van der Waals surface area contributed by atoms with Crippen molar-refractivity contribution in [3.05, 3.63) is 36.1 Å². The monoisotopic (exact) mass is 157 g/mol. The first-order valence-electron chi connectivity index (χ1n) is 3.95. The summed E-state index contributed by atoms with van der Waals surface area (Å²) < 4.78 is 5.57. The molecular weight excluding hydrogens is 150 g/mol. The number of fused-ring (bicyclic) bond motifs is 1. The highest BCUT2D eigenvalue weighted by Gasteiger charge is 2.19. The average molecular weight is 157 g/mol. The van der Waals surface area contributed by atoms with E-state index in [9.17, 15) is 0 Å². The lowest BCUT2D eigenvalue weighted by Gasteiger charge is -1.84. The van der Waals surface area contributed by atoms with Crippen LogP contribution < -0.4 is 0 Å². The Labute approximate surface area is 69.5 Å². The highest BCUT2D eigenvalue weighted by molar-refractivity contribution is 5.83. The molecule has 1 aromatic carbocycles. The molecule has 1 aromatic heterocycles. The van der Waals surface area contributed by atoms with Gasteiger partial charge in [0, 0.05) is 11.6 Å². The first-order chi connectivity index (χ1) is 5.93. The van der Waals surface area contributed by atoms with Crippen molar-refractivity contribution in [3.8, 4) is 0 Å². The van der Waals surface area contributed by atoms with E-state index in [2.05, 4.69) is 4.99 Å². The van der Waals surface area contributed by atoms with Crippen molar-refractivity contribution in [1.82, 2.24) is 0 Å². The summed E-state index contributed by atoms with van der Waals surface area (Å²) in [6.45, 7) is 0. The second-order valence-electron chi connectivity index (χ2n) is 2.93. The number of furan rings is 1. The van der Waals surface area contributed by atoms with Crippen LogP contribution in [0.5, 0.6) is 0 Å². The number of aliphatic imine (C=N–C) groups is 1. The number of hydrogen-bond acceptors (Lipinski definition) is 2. The molecule has 0 N–H and O–H groups in total. The van der Waals surface area contributed by atoms with E-state index in [-0.39, 0.29) is 6.04 Å². The Morgan fingerprint density at radius 2 is 2.08 bits per heavy atom. The van der Waals surface area contributed by atoms with Crippen molar-refractivity contribution >= 4 is 17.2 Å². The molecule has 2 heteroatoms. The second-order valence-corrected chi connectivity index (χ2v) is 2.93. The lowest BCUT2D eigenvalue weighted by Crippen LogP contribution is -1.72. The van der Waals surface area contributed by atoms with E-state index in [1.54, 1.807) is 0 Å². The van der Waals surface area contributed by atoms with E-state index in [0.29, 0.717) is 0 Å². The topological polar surface area (TPSA) is 25.5 Å². The van der Waals surface area contributed by atoms with Crippen molar-refractivity contribution in [2.75, 3.05) is 0 Å². The molecule has 1 unspecified atom stereocenters. The fraction of sp³-hybridized carbons (Fsp3) is 0.100. The van der Waals surface area contributed by atoms with Crippen molar-refractivity contribution in [3.63, 3.8) is 0 Å². The Hall–Kier alpha value is -1.57. The van der Waals surface area contributed by atoms with Gasteiger partial charge in [-0.05, 0) is 12.1 Å². The number of nitrogens with zero attached hydrogens (tertiary/aromatic N) is 1. The predicted molar refractivity (Wildman–Crippen MR) is 47.4 cm³/mol. The van der Waals surface area contributed by atoms with Crippen molar-refractivity contribution in [2.24, 2.45) is 4.99 Å². The van der Waals surface area contributed by atoms with Crippen LogP contribution in [0.4, 0.5) is 0 Å². The zero-order valence-electron chi connectivity index (χ0n) is 6.40. The van der Waals surface area contributed by atoms with Crippen LogP contribution in [0.15, 0.2) is 39.7 Å². The maximum absolute atomic E-state index is 5.57. The number of rotatable bonds is 1. The van der Waals surface area contributed by atoms with Gasteiger partial charge in [0.05, 0.1) is 0 Å². The van der Waals surface area contributed by atoms with Gasteiger partial charge in [-0.2, -0.15) is 0 Å². The molecule has 0 saturated heterocycles. The Morgan fingerprint density at radius 3 is 2.83 bits per heavy atom. The molecule has 2 nitrogen and oxygen atoms in total. The van der Waals surface area contributed by atoms with Gasteiger partial charge >= 0.3 is 0 Å². The zero-order valence-corrected chi connectivity index (χ0v) is 6.40. The molecule has 0 amide bonds. The van der Waals surface area contributed by atoms with E-state index < -0.39 is 0 Å². The van der Waals surface area contributed by atoms with Crippen molar-refractivity contribution < 1.29 is 4.42 Å². The molecule has 2 aromatic rings. The maximum Gasteiger partial charge on any atom is 0.142 e. The van der Waals surface area contributed by atoms with Gasteiger partial charge in [-0.3, -0.25) is 4.99 Å². The van der Waals surface area contributed by atoms with Gasteiger partial charge < -0.3 is 4.42 Å². The molecule has 58 valence electrons.